The van der Waals surface area contributed by atoms with E-state index in [2.05, 4.69) is 4.74 Å². The molecule has 1 atom stereocenters. The van der Waals surface area contributed by atoms with Crippen LogP contribution in [0, 0.1) is 0 Å². The first-order valence-electron chi connectivity index (χ1n) is 4.82. The monoisotopic (exact) mass is 195 g/mol. The smallest absolute Gasteiger partial charge is 0.335 e. The number of methoxy groups -OCH3 is 1. The lowest BCUT2D eigenvalue weighted by Crippen LogP contribution is -2.39. The summed E-state index contributed by atoms with van der Waals surface area (Å²) in [5.41, 5.74) is 0.657. The maximum absolute atomic E-state index is 11.4. The molecule has 0 bridgehead atoms. The average molecular weight is 195 g/mol. The normalized spacial score (nSPS) is 25.8. The fourth-order valence-corrected chi connectivity index (χ4v) is 2.17. The lowest BCUT2D eigenvalue weighted by Gasteiger charge is -2.29. The van der Waals surface area contributed by atoms with E-state index in [0.29, 0.717) is 12.0 Å². The lowest BCUT2D eigenvalue weighted by molar-refractivity contribution is -0.137. The van der Waals surface area contributed by atoms with E-state index in [-0.39, 0.29) is 17.9 Å². The zero-order chi connectivity index (χ0) is 10.1. The van der Waals surface area contributed by atoms with Crippen molar-refractivity contribution in [3.05, 3.63) is 11.6 Å². The van der Waals surface area contributed by atoms with Crippen LogP contribution in [0.4, 0.5) is 0 Å². The van der Waals surface area contributed by atoms with Gasteiger partial charge in [-0.25, -0.2) is 4.79 Å². The standard InChI is InChI=1S/C10H13NO3/c1-14-10(13)7-3-2-6-11-8(7)4-5-9(11)12/h3,8H,2,4-6H2,1H3. The van der Waals surface area contributed by atoms with Crippen molar-refractivity contribution in [2.24, 2.45) is 0 Å². The van der Waals surface area contributed by atoms with E-state index in [1.807, 2.05) is 6.08 Å². The molecule has 76 valence electrons. The van der Waals surface area contributed by atoms with Gasteiger partial charge in [-0.3, -0.25) is 4.79 Å². The fraction of sp³-hybridized carbons (Fsp3) is 0.600. The van der Waals surface area contributed by atoms with E-state index in [9.17, 15) is 9.59 Å². The molecule has 14 heavy (non-hydrogen) atoms. The minimum absolute atomic E-state index is 0.0244. The maximum atomic E-state index is 11.4. The van der Waals surface area contributed by atoms with Gasteiger partial charge in [0, 0.05) is 13.0 Å². The highest BCUT2D eigenvalue weighted by Crippen LogP contribution is 2.29. The molecule has 4 nitrogen and oxygen atoms in total. The molecule has 0 N–H and O–H groups in total. The minimum atomic E-state index is -0.297. The van der Waals surface area contributed by atoms with Gasteiger partial charge in [-0.1, -0.05) is 6.08 Å². The van der Waals surface area contributed by atoms with E-state index in [0.717, 1.165) is 19.4 Å². The van der Waals surface area contributed by atoms with Crippen molar-refractivity contribution in [2.75, 3.05) is 13.7 Å². The van der Waals surface area contributed by atoms with Crippen LogP contribution in [0.25, 0.3) is 0 Å². The third kappa shape index (κ3) is 1.31. The van der Waals surface area contributed by atoms with Gasteiger partial charge in [0.2, 0.25) is 5.91 Å². The fourth-order valence-electron chi connectivity index (χ4n) is 2.17. The number of amides is 1. The number of nitrogens with zero attached hydrogens (tertiary/aromatic N) is 1. The molecule has 2 aliphatic heterocycles. The molecule has 0 aliphatic carbocycles. The van der Waals surface area contributed by atoms with Gasteiger partial charge in [-0.15, -0.1) is 0 Å². The summed E-state index contributed by atoms with van der Waals surface area (Å²) < 4.78 is 4.69. The van der Waals surface area contributed by atoms with Crippen LogP contribution in [0.1, 0.15) is 19.3 Å². The molecule has 0 aromatic carbocycles. The summed E-state index contributed by atoms with van der Waals surface area (Å²) in [6.45, 7) is 0.740. The van der Waals surface area contributed by atoms with E-state index >= 15 is 0 Å². The molecule has 0 radical (unpaired) electrons. The molecule has 2 aliphatic rings. The Bertz CT molecular complexity index is 308. The van der Waals surface area contributed by atoms with Gasteiger partial charge in [0.25, 0.3) is 0 Å². The molecule has 1 amide bonds. The number of hydrogen-bond acceptors (Lipinski definition) is 3. The number of fused-ring (bicyclic) bond motifs is 1. The van der Waals surface area contributed by atoms with Crippen molar-refractivity contribution < 1.29 is 14.3 Å². The van der Waals surface area contributed by atoms with Crippen LogP contribution in [0.15, 0.2) is 11.6 Å². The third-order valence-electron chi connectivity index (χ3n) is 2.84. The minimum Gasteiger partial charge on any atom is -0.466 e. The van der Waals surface area contributed by atoms with Gasteiger partial charge < -0.3 is 9.64 Å². The Hall–Kier alpha value is -1.32. The number of rotatable bonds is 1. The Morgan fingerprint density at radius 2 is 2.43 bits per heavy atom. The lowest BCUT2D eigenvalue weighted by atomic mass is 10.0. The molecule has 2 heterocycles. The van der Waals surface area contributed by atoms with Crippen molar-refractivity contribution in [3.8, 4) is 0 Å². The second kappa shape index (κ2) is 3.44. The molecule has 1 fully saturated rings. The first kappa shape index (κ1) is 9.24. The summed E-state index contributed by atoms with van der Waals surface area (Å²) in [6, 6.07) is -0.0244. The number of carbonyl (C=O) groups is 2. The average Bonchev–Trinajstić information content (AvgIpc) is 2.59. The Kier molecular flexibility index (Phi) is 2.27. The van der Waals surface area contributed by atoms with Crippen molar-refractivity contribution >= 4 is 11.9 Å². The molecule has 0 saturated carbocycles. The summed E-state index contributed by atoms with van der Waals surface area (Å²) in [5, 5.41) is 0. The Labute approximate surface area is 82.5 Å². The van der Waals surface area contributed by atoms with Gasteiger partial charge >= 0.3 is 5.97 Å². The number of carbonyl (C=O) groups excluding carboxylic acids is 2. The first-order valence-corrected chi connectivity index (χ1v) is 4.82. The van der Waals surface area contributed by atoms with Crippen molar-refractivity contribution in [1.29, 1.82) is 0 Å². The van der Waals surface area contributed by atoms with Crippen LogP contribution in [-0.2, 0) is 14.3 Å². The molecule has 2 rings (SSSR count). The molecule has 0 aromatic heterocycles. The largest absolute Gasteiger partial charge is 0.466 e. The predicted octanol–water partition coefficient (Wildman–Crippen LogP) is 0.480. The van der Waals surface area contributed by atoms with E-state index in [4.69, 9.17) is 0 Å². The number of ether oxygens (including phenoxy) is 1. The van der Waals surface area contributed by atoms with E-state index in [1.54, 1.807) is 4.90 Å². The highest BCUT2D eigenvalue weighted by atomic mass is 16.5. The summed E-state index contributed by atoms with van der Waals surface area (Å²) in [5.74, 6) is -0.140. The summed E-state index contributed by atoms with van der Waals surface area (Å²) in [7, 11) is 1.37. The predicted molar refractivity (Wildman–Crippen MR) is 49.5 cm³/mol. The van der Waals surface area contributed by atoms with E-state index < -0.39 is 0 Å². The van der Waals surface area contributed by atoms with Crippen molar-refractivity contribution in [2.45, 2.75) is 25.3 Å². The third-order valence-corrected chi connectivity index (χ3v) is 2.84. The first-order chi connectivity index (χ1) is 6.74. The Morgan fingerprint density at radius 1 is 1.64 bits per heavy atom. The van der Waals surface area contributed by atoms with Gasteiger partial charge in [0.15, 0.2) is 0 Å². The quantitative estimate of drug-likeness (QED) is 0.572. The zero-order valence-corrected chi connectivity index (χ0v) is 8.16. The Balaban J connectivity index is 2.22. The SMILES string of the molecule is COC(=O)C1=CCCN2C(=O)CCC12. The summed E-state index contributed by atoms with van der Waals surface area (Å²) in [4.78, 5) is 24.6. The Morgan fingerprint density at radius 3 is 3.14 bits per heavy atom. The molecule has 0 spiro atoms. The van der Waals surface area contributed by atoms with Crippen LogP contribution < -0.4 is 0 Å². The second-order valence-electron chi connectivity index (χ2n) is 3.58. The molecule has 0 aromatic rings. The van der Waals surface area contributed by atoms with Gasteiger partial charge in [0.1, 0.15) is 0 Å². The van der Waals surface area contributed by atoms with Crippen LogP contribution in [0.5, 0.6) is 0 Å². The number of hydrogen-bond donors (Lipinski definition) is 0. The van der Waals surface area contributed by atoms with Crippen molar-refractivity contribution in [1.82, 2.24) is 4.90 Å². The van der Waals surface area contributed by atoms with Crippen LogP contribution in [0.3, 0.4) is 0 Å². The number of esters is 1. The van der Waals surface area contributed by atoms with Crippen LogP contribution in [-0.4, -0.2) is 36.5 Å². The maximum Gasteiger partial charge on any atom is 0.335 e. The van der Waals surface area contributed by atoms with Gasteiger partial charge in [-0.2, -0.15) is 0 Å². The highest BCUT2D eigenvalue weighted by molar-refractivity contribution is 5.92. The molecule has 1 unspecified atom stereocenters. The topological polar surface area (TPSA) is 46.6 Å². The molecule has 4 heteroatoms. The molecular formula is C10H13NO3. The van der Waals surface area contributed by atoms with E-state index in [1.165, 1.54) is 7.11 Å². The van der Waals surface area contributed by atoms with Crippen LogP contribution >= 0.6 is 0 Å². The van der Waals surface area contributed by atoms with Gasteiger partial charge in [-0.05, 0) is 12.8 Å². The summed E-state index contributed by atoms with van der Waals surface area (Å²) >= 11 is 0. The highest BCUT2D eigenvalue weighted by Gasteiger charge is 2.37. The van der Waals surface area contributed by atoms with Crippen molar-refractivity contribution in [3.63, 3.8) is 0 Å². The second-order valence-corrected chi connectivity index (χ2v) is 3.58. The molecule has 1 saturated heterocycles. The van der Waals surface area contributed by atoms with Gasteiger partial charge in [0.05, 0.1) is 18.7 Å². The molecular weight excluding hydrogens is 182 g/mol. The zero-order valence-electron chi connectivity index (χ0n) is 8.16. The van der Waals surface area contributed by atoms with Crippen LogP contribution in [0.2, 0.25) is 0 Å². The summed E-state index contributed by atoms with van der Waals surface area (Å²) in [6.07, 6.45) is 3.96.